The fourth-order valence-electron chi connectivity index (χ4n) is 3.15. The third-order valence-electron chi connectivity index (χ3n) is 4.04. The van der Waals surface area contributed by atoms with Gasteiger partial charge in [0.25, 0.3) is 0 Å². The fourth-order valence-corrected chi connectivity index (χ4v) is 3.15. The lowest BCUT2D eigenvalue weighted by atomic mass is 9.88. The van der Waals surface area contributed by atoms with E-state index in [1.54, 1.807) is 0 Å². The van der Waals surface area contributed by atoms with E-state index in [4.69, 9.17) is 10.5 Å². The monoisotopic (exact) mass is 297 g/mol. The Kier molecular flexibility index (Phi) is 5.62. The lowest BCUT2D eigenvalue weighted by Gasteiger charge is -2.19. The van der Waals surface area contributed by atoms with Crippen LogP contribution in [0.25, 0.3) is 0 Å². The van der Waals surface area contributed by atoms with Gasteiger partial charge in [-0.2, -0.15) is 0 Å². The highest BCUT2D eigenvalue weighted by molar-refractivity contribution is 5.38. The Morgan fingerprint density at radius 1 is 1.00 bits per heavy atom. The van der Waals surface area contributed by atoms with Gasteiger partial charge in [-0.15, -0.1) is 0 Å². The minimum atomic E-state index is 0.344. The van der Waals surface area contributed by atoms with Crippen molar-refractivity contribution in [3.05, 3.63) is 64.2 Å². The van der Waals surface area contributed by atoms with Crippen LogP contribution in [-0.2, 0) is 6.42 Å². The molecule has 1 atom stereocenters. The van der Waals surface area contributed by atoms with Gasteiger partial charge in [0.15, 0.2) is 0 Å². The summed E-state index contributed by atoms with van der Waals surface area (Å²) < 4.78 is 5.57. The molecule has 2 N–H and O–H groups in total. The molecular weight excluding hydrogens is 270 g/mol. The van der Waals surface area contributed by atoms with E-state index in [0.717, 1.165) is 12.2 Å². The summed E-state index contributed by atoms with van der Waals surface area (Å²) in [6.45, 7) is 9.80. The van der Waals surface area contributed by atoms with Crippen molar-refractivity contribution >= 4 is 0 Å². The van der Waals surface area contributed by atoms with Crippen LogP contribution < -0.4 is 10.5 Å². The number of hydrogen-bond acceptors (Lipinski definition) is 2. The molecule has 2 aromatic carbocycles. The maximum atomic E-state index is 6.06. The van der Waals surface area contributed by atoms with Crippen molar-refractivity contribution in [2.75, 3.05) is 13.2 Å². The molecule has 2 aromatic rings. The number of hydrogen-bond donors (Lipinski definition) is 1. The Morgan fingerprint density at radius 2 is 1.68 bits per heavy atom. The normalized spacial score (nSPS) is 12.2. The molecule has 0 saturated heterocycles. The van der Waals surface area contributed by atoms with Crippen molar-refractivity contribution < 1.29 is 4.74 Å². The number of benzene rings is 2. The quantitative estimate of drug-likeness (QED) is 0.863. The van der Waals surface area contributed by atoms with Crippen molar-refractivity contribution in [3.8, 4) is 5.75 Å². The van der Waals surface area contributed by atoms with Crippen LogP contribution in [0.15, 0.2) is 36.4 Å². The SMILES string of the molecule is CCOc1ccc(C(CN)Cc2cc(C)cc(C)c2)c(C)c1. The molecule has 0 saturated carbocycles. The summed E-state index contributed by atoms with van der Waals surface area (Å²) in [5.74, 6) is 1.28. The average Bonchev–Trinajstić information content (AvgIpc) is 2.45. The van der Waals surface area contributed by atoms with E-state index in [1.807, 2.05) is 6.92 Å². The van der Waals surface area contributed by atoms with Gasteiger partial charge in [0.05, 0.1) is 6.61 Å². The molecule has 0 bridgehead atoms. The van der Waals surface area contributed by atoms with E-state index in [9.17, 15) is 0 Å². The van der Waals surface area contributed by atoms with Crippen LogP contribution in [-0.4, -0.2) is 13.2 Å². The standard InChI is InChI=1S/C20H27NO/c1-5-22-19-6-7-20(16(4)11-19)18(13-21)12-17-9-14(2)8-15(3)10-17/h6-11,18H,5,12-13,21H2,1-4H3. The molecule has 118 valence electrons. The predicted octanol–water partition coefficient (Wildman–Crippen LogP) is 4.30. The number of aryl methyl sites for hydroxylation is 3. The van der Waals surface area contributed by atoms with E-state index in [2.05, 4.69) is 57.2 Å². The summed E-state index contributed by atoms with van der Waals surface area (Å²) >= 11 is 0. The molecule has 0 aliphatic rings. The van der Waals surface area contributed by atoms with Crippen LogP contribution >= 0.6 is 0 Å². The van der Waals surface area contributed by atoms with Gasteiger partial charge in [-0.05, 0) is 69.5 Å². The van der Waals surface area contributed by atoms with E-state index in [0.29, 0.717) is 19.1 Å². The number of ether oxygens (including phenoxy) is 1. The summed E-state index contributed by atoms with van der Waals surface area (Å²) in [5.41, 5.74) is 12.6. The number of rotatable bonds is 6. The van der Waals surface area contributed by atoms with Gasteiger partial charge in [0.1, 0.15) is 5.75 Å². The Morgan fingerprint density at radius 3 is 2.23 bits per heavy atom. The summed E-state index contributed by atoms with van der Waals surface area (Å²) in [6, 6.07) is 13.1. The molecule has 0 aromatic heterocycles. The zero-order chi connectivity index (χ0) is 16.1. The van der Waals surface area contributed by atoms with Crippen molar-refractivity contribution in [1.29, 1.82) is 0 Å². The van der Waals surface area contributed by atoms with Crippen LogP contribution in [0.5, 0.6) is 5.75 Å². The Hall–Kier alpha value is -1.80. The molecule has 0 radical (unpaired) electrons. The van der Waals surface area contributed by atoms with Crippen molar-refractivity contribution in [2.24, 2.45) is 5.73 Å². The van der Waals surface area contributed by atoms with Crippen molar-refractivity contribution in [1.82, 2.24) is 0 Å². The predicted molar refractivity (Wildman–Crippen MR) is 93.8 cm³/mol. The second kappa shape index (κ2) is 7.46. The van der Waals surface area contributed by atoms with Crippen molar-refractivity contribution in [2.45, 2.75) is 40.0 Å². The van der Waals surface area contributed by atoms with Crippen molar-refractivity contribution in [3.63, 3.8) is 0 Å². The lowest BCUT2D eigenvalue weighted by Crippen LogP contribution is -2.16. The Bertz CT molecular complexity index is 613. The van der Waals surface area contributed by atoms with Gasteiger partial charge in [-0.1, -0.05) is 35.4 Å². The lowest BCUT2D eigenvalue weighted by molar-refractivity contribution is 0.340. The zero-order valence-electron chi connectivity index (χ0n) is 14.1. The van der Waals surface area contributed by atoms with Crippen LogP contribution in [0.3, 0.4) is 0 Å². The smallest absolute Gasteiger partial charge is 0.119 e. The zero-order valence-corrected chi connectivity index (χ0v) is 14.1. The molecule has 0 aliphatic heterocycles. The van der Waals surface area contributed by atoms with Gasteiger partial charge < -0.3 is 10.5 Å². The first-order valence-corrected chi connectivity index (χ1v) is 8.04. The molecule has 22 heavy (non-hydrogen) atoms. The first kappa shape index (κ1) is 16.6. The van der Waals surface area contributed by atoms with E-state index >= 15 is 0 Å². The highest BCUT2D eigenvalue weighted by Crippen LogP contribution is 2.27. The number of nitrogens with two attached hydrogens (primary N) is 1. The molecule has 0 fully saturated rings. The molecule has 2 rings (SSSR count). The second-order valence-electron chi connectivity index (χ2n) is 6.08. The van der Waals surface area contributed by atoms with Gasteiger partial charge in [0, 0.05) is 5.92 Å². The molecule has 0 heterocycles. The fraction of sp³-hybridized carbons (Fsp3) is 0.400. The van der Waals surface area contributed by atoms with Gasteiger partial charge in [-0.3, -0.25) is 0 Å². The first-order chi connectivity index (χ1) is 10.5. The molecule has 2 nitrogen and oxygen atoms in total. The molecule has 1 unspecified atom stereocenters. The van der Waals surface area contributed by atoms with Gasteiger partial charge >= 0.3 is 0 Å². The second-order valence-corrected chi connectivity index (χ2v) is 6.08. The van der Waals surface area contributed by atoms with E-state index in [1.165, 1.54) is 27.8 Å². The third kappa shape index (κ3) is 4.11. The molecule has 2 heteroatoms. The highest BCUT2D eigenvalue weighted by atomic mass is 16.5. The molecule has 0 amide bonds. The van der Waals surface area contributed by atoms with Crippen LogP contribution in [0, 0.1) is 20.8 Å². The van der Waals surface area contributed by atoms with Gasteiger partial charge in [0.2, 0.25) is 0 Å². The Labute approximate surface area is 134 Å². The topological polar surface area (TPSA) is 35.2 Å². The maximum absolute atomic E-state index is 6.06. The largest absolute Gasteiger partial charge is 0.494 e. The van der Waals surface area contributed by atoms with E-state index in [-0.39, 0.29) is 0 Å². The van der Waals surface area contributed by atoms with Crippen LogP contribution in [0.4, 0.5) is 0 Å². The highest BCUT2D eigenvalue weighted by Gasteiger charge is 2.14. The minimum Gasteiger partial charge on any atom is -0.494 e. The summed E-state index contributed by atoms with van der Waals surface area (Å²) in [5, 5.41) is 0. The summed E-state index contributed by atoms with van der Waals surface area (Å²) in [7, 11) is 0. The minimum absolute atomic E-state index is 0.344. The molecule has 0 aliphatic carbocycles. The summed E-state index contributed by atoms with van der Waals surface area (Å²) in [6.07, 6.45) is 0.980. The third-order valence-corrected chi connectivity index (χ3v) is 4.04. The molecular formula is C20H27NO. The molecule has 0 spiro atoms. The summed E-state index contributed by atoms with van der Waals surface area (Å²) in [4.78, 5) is 0. The Balaban J connectivity index is 2.24. The average molecular weight is 297 g/mol. The van der Waals surface area contributed by atoms with Crippen LogP contribution in [0.2, 0.25) is 0 Å². The van der Waals surface area contributed by atoms with Crippen LogP contribution in [0.1, 0.15) is 40.7 Å². The first-order valence-electron chi connectivity index (χ1n) is 8.04. The van der Waals surface area contributed by atoms with E-state index < -0.39 is 0 Å². The van der Waals surface area contributed by atoms with Gasteiger partial charge in [-0.25, -0.2) is 0 Å². The maximum Gasteiger partial charge on any atom is 0.119 e.